The predicted molar refractivity (Wildman–Crippen MR) is 86.0 cm³/mol. The largest absolute Gasteiger partial charge is 0.338 e. The molecule has 0 aliphatic carbocycles. The minimum Gasteiger partial charge on any atom is -0.338 e. The van der Waals surface area contributed by atoms with Gasteiger partial charge in [0.1, 0.15) is 17.5 Å². The first kappa shape index (κ1) is 18.5. The summed E-state index contributed by atoms with van der Waals surface area (Å²) in [5.41, 5.74) is -0.783. The van der Waals surface area contributed by atoms with Crippen LogP contribution in [-0.4, -0.2) is 9.97 Å². The van der Waals surface area contributed by atoms with Gasteiger partial charge in [0.15, 0.2) is 34.9 Å². The molecule has 3 rings (SSSR count). The lowest BCUT2D eigenvalue weighted by molar-refractivity contribution is 0.449. The highest BCUT2D eigenvalue weighted by Crippen LogP contribution is 2.26. The van der Waals surface area contributed by atoms with Gasteiger partial charge < -0.3 is 10.6 Å². The van der Waals surface area contributed by atoms with Crippen LogP contribution in [0.1, 0.15) is 5.82 Å². The zero-order valence-electron chi connectivity index (χ0n) is 13.5. The van der Waals surface area contributed by atoms with Crippen molar-refractivity contribution in [2.24, 2.45) is 0 Å². The summed E-state index contributed by atoms with van der Waals surface area (Å²) in [7, 11) is 0. The lowest BCUT2D eigenvalue weighted by atomic mass is 10.2. The second-order valence-corrected chi connectivity index (χ2v) is 5.38. The van der Waals surface area contributed by atoms with E-state index in [2.05, 4.69) is 20.6 Å². The van der Waals surface area contributed by atoms with Crippen LogP contribution in [0.4, 0.5) is 49.4 Å². The molecule has 0 spiro atoms. The molecule has 0 aliphatic rings. The maximum absolute atomic E-state index is 13.8. The first-order valence-electron chi connectivity index (χ1n) is 7.43. The van der Waals surface area contributed by atoms with E-state index in [1.165, 1.54) is 13.0 Å². The minimum atomic E-state index is -1.66. The van der Waals surface area contributed by atoms with E-state index in [0.717, 1.165) is 24.3 Å². The van der Waals surface area contributed by atoms with E-state index in [0.29, 0.717) is 0 Å². The van der Waals surface area contributed by atoms with Crippen molar-refractivity contribution >= 4 is 23.0 Å². The summed E-state index contributed by atoms with van der Waals surface area (Å²) in [4.78, 5) is 7.89. The molecule has 0 bridgehead atoms. The van der Waals surface area contributed by atoms with Crippen molar-refractivity contribution in [1.82, 2.24) is 9.97 Å². The first-order chi connectivity index (χ1) is 12.8. The molecule has 0 unspecified atom stereocenters. The first-order valence-corrected chi connectivity index (χ1v) is 7.43. The van der Waals surface area contributed by atoms with Crippen molar-refractivity contribution in [2.75, 3.05) is 10.6 Å². The van der Waals surface area contributed by atoms with Gasteiger partial charge in [0.05, 0.1) is 11.4 Å². The summed E-state index contributed by atoms with van der Waals surface area (Å²) >= 11 is 0. The Labute approximate surface area is 148 Å². The number of aromatic nitrogens is 2. The van der Waals surface area contributed by atoms with Gasteiger partial charge in [0.25, 0.3) is 0 Å². The molecule has 1 heterocycles. The molecule has 0 fully saturated rings. The smallest absolute Gasteiger partial charge is 0.196 e. The number of hydrogen-bond donors (Lipinski definition) is 2. The highest BCUT2D eigenvalue weighted by molar-refractivity contribution is 5.64. The standard InChI is InChI=1S/C17H10F6N4/c1-7-24-12(26-10-4-2-8(18)14(20)16(10)22)6-13(25-7)27-11-5-3-9(19)15(21)17(11)23/h2-6H,1H3,(H2,24,25,26,27). The van der Waals surface area contributed by atoms with Crippen molar-refractivity contribution < 1.29 is 26.3 Å². The summed E-state index contributed by atoms with van der Waals surface area (Å²) in [5.74, 6) is -8.84. The number of rotatable bonds is 4. The summed E-state index contributed by atoms with van der Waals surface area (Å²) in [6.07, 6.45) is 0. The molecule has 2 aromatic carbocycles. The second-order valence-electron chi connectivity index (χ2n) is 5.38. The van der Waals surface area contributed by atoms with Crippen LogP contribution < -0.4 is 10.6 Å². The van der Waals surface area contributed by atoms with Crippen molar-refractivity contribution in [1.29, 1.82) is 0 Å². The van der Waals surface area contributed by atoms with Gasteiger partial charge in [-0.25, -0.2) is 36.3 Å². The SMILES string of the molecule is Cc1nc(Nc2ccc(F)c(F)c2F)cc(Nc2ccc(F)c(F)c2F)n1. The van der Waals surface area contributed by atoms with Gasteiger partial charge in [-0.2, -0.15) is 0 Å². The number of anilines is 4. The number of benzene rings is 2. The molecule has 1 aromatic heterocycles. The van der Waals surface area contributed by atoms with Crippen LogP contribution in [0, 0.1) is 41.8 Å². The molecule has 0 saturated heterocycles. The van der Waals surface area contributed by atoms with Crippen molar-refractivity contribution in [3.63, 3.8) is 0 Å². The highest BCUT2D eigenvalue weighted by Gasteiger charge is 2.16. The Morgan fingerprint density at radius 3 is 1.44 bits per heavy atom. The van der Waals surface area contributed by atoms with E-state index in [1.54, 1.807) is 0 Å². The van der Waals surface area contributed by atoms with Crippen LogP contribution in [0.2, 0.25) is 0 Å². The Morgan fingerprint density at radius 2 is 1.04 bits per heavy atom. The van der Waals surface area contributed by atoms with E-state index in [4.69, 9.17) is 0 Å². The molecule has 4 nitrogen and oxygen atoms in total. The Bertz CT molecular complexity index is 947. The average molecular weight is 384 g/mol. The van der Waals surface area contributed by atoms with Gasteiger partial charge in [-0.15, -0.1) is 0 Å². The third-order valence-corrected chi connectivity index (χ3v) is 3.43. The van der Waals surface area contributed by atoms with Gasteiger partial charge in [0.2, 0.25) is 0 Å². The highest BCUT2D eigenvalue weighted by atomic mass is 19.2. The zero-order valence-corrected chi connectivity index (χ0v) is 13.5. The molecule has 0 aliphatic heterocycles. The van der Waals surface area contributed by atoms with E-state index in [1.807, 2.05) is 0 Å². The third kappa shape index (κ3) is 3.78. The maximum Gasteiger partial charge on any atom is 0.196 e. The molecule has 10 heteroatoms. The summed E-state index contributed by atoms with van der Waals surface area (Å²) < 4.78 is 80.2. The summed E-state index contributed by atoms with van der Waals surface area (Å²) in [6, 6.07) is 4.57. The molecule has 0 radical (unpaired) electrons. The second kappa shape index (κ2) is 7.14. The quantitative estimate of drug-likeness (QED) is 0.485. The van der Waals surface area contributed by atoms with Crippen LogP contribution in [0.15, 0.2) is 30.3 Å². The van der Waals surface area contributed by atoms with Gasteiger partial charge in [0, 0.05) is 6.07 Å². The minimum absolute atomic E-state index is 0.0297. The molecule has 0 amide bonds. The Morgan fingerprint density at radius 1 is 0.630 bits per heavy atom. The fourth-order valence-corrected chi connectivity index (χ4v) is 2.22. The predicted octanol–water partition coefficient (Wildman–Crippen LogP) is 5.11. The van der Waals surface area contributed by atoms with Gasteiger partial charge >= 0.3 is 0 Å². The Hall–Kier alpha value is -3.30. The van der Waals surface area contributed by atoms with Crippen LogP contribution in [0.5, 0.6) is 0 Å². The molecular weight excluding hydrogens is 374 g/mol. The lowest BCUT2D eigenvalue weighted by Gasteiger charge is -2.12. The fourth-order valence-electron chi connectivity index (χ4n) is 2.22. The number of halogens is 6. The van der Waals surface area contributed by atoms with Crippen molar-refractivity contribution in [3.8, 4) is 0 Å². The number of hydrogen-bond acceptors (Lipinski definition) is 4. The molecule has 0 saturated carbocycles. The molecular formula is C17H10F6N4. The average Bonchev–Trinajstić information content (AvgIpc) is 2.62. The number of nitrogens with zero attached hydrogens (tertiary/aromatic N) is 2. The van der Waals surface area contributed by atoms with E-state index < -0.39 is 46.3 Å². The van der Waals surface area contributed by atoms with Crippen molar-refractivity contribution in [3.05, 3.63) is 71.1 Å². The maximum atomic E-state index is 13.8. The topological polar surface area (TPSA) is 49.8 Å². The fraction of sp³-hybridized carbons (Fsp3) is 0.0588. The summed E-state index contributed by atoms with van der Waals surface area (Å²) in [5, 5.41) is 4.88. The number of aryl methyl sites for hydroxylation is 1. The summed E-state index contributed by atoms with van der Waals surface area (Å²) in [6.45, 7) is 1.46. The van der Waals surface area contributed by atoms with Gasteiger partial charge in [-0.05, 0) is 31.2 Å². The lowest BCUT2D eigenvalue weighted by Crippen LogP contribution is -2.05. The van der Waals surface area contributed by atoms with Crippen LogP contribution >= 0.6 is 0 Å². The molecule has 2 N–H and O–H groups in total. The van der Waals surface area contributed by atoms with Gasteiger partial charge in [-0.3, -0.25) is 0 Å². The van der Waals surface area contributed by atoms with E-state index in [-0.39, 0.29) is 17.5 Å². The Balaban J connectivity index is 1.91. The monoisotopic (exact) mass is 384 g/mol. The van der Waals surface area contributed by atoms with Crippen LogP contribution in [0.25, 0.3) is 0 Å². The molecule has 0 atom stereocenters. The third-order valence-electron chi connectivity index (χ3n) is 3.43. The normalized spacial score (nSPS) is 10.8. The van der Waals surface area contributed by atoms with E-state index >= 15 is 0 Å². The van der Waals surface area contributed by atoms with Crippen LogP contribution in [-0.2, 0) is 0 Å². The van der Waals surface area contributed by atoms with Crippen LogP contribution in [0.3, 0.4) is 0 Å². The van der Waals surface area contributed by atoms with Crippen molar-refractivity contribution in [2.45, 2.75) is 6.92 Å². The molecule has 3 aromatic rings. The zero-order chi connectivity index (χ0) is 19.7. The Kier molecular flexibility index (Phi) is 4.89. The number of nitrogens with one attached hydrogen (secondary N) is 2. The van der Waals surface area contributed by atoms with Gasteiger partial charge in [-0.1, -0.05) is 0 Å². The van der Waals surface area contributed by atoms with E-state index in [9.17, 15) is 26.3 Å². The molecule has 27 heavy (non-hydrogen) atoms. The molecule has 140 valence electrons.